The van der Waals surface area contributed by atoms with Crippen LogP contribution in [0.2, 0.25) is 0 Å². The molecule has 2 rings (SSSR count). The molecule has 0 aliphatic carbocycles. The van der Waals surface area contributed by atoms with E-state index in [1.807, 2.05) is 43.8 Å². The summed E-state index contributed by atoms with van der Waals surface area (Å²) in [6, 6.07) is 6.03. The number of halogens is 1. The molecule has 0 amide bonds. The molecule has 0 spiro atoms. The third kappa shape index (κ3) is 2.44. The minimum absolute atomic E-state index is 0.139. The fraction of sp³-hybridized carbons (Fsp3) is 0.357. The smallest absolute Gasteiger partial charge is 0.181 e. The summed E-state index contributed by atoms with van der Waals surface area (Å²) in [5.74, 6) is 0.156. The lowest BCUT2D eigenvalue weighted by molar-refractivity contribution is 0.0953. The number of ketones is 1. The second-order valence-electron chi connectivity index (χ2n) is 4.46. The van der Waals surface area contributed by atoms with E-state index >= 15 is 0 Å². The Hall–Kier alpha value is -0.880. The maximum atomic E-state index is 12.4. The second-order valence-corrected chi connectivity index (χ2v) is 5.70. The minimum atomic E-state index is -0.139. The summed E-state index contributed by atoms with van der Waals surface area (Å²) in [6.07, 6.45) is 1.93. The Morgan fingerprint density at radius 2 is 2.22 bits per heavy atom. The van der Waals surface area contributed by atoms with Crippen molar-refractivity contribution in [3.63, 3.8) is 0 Å². The second kappa shape index (κ2) is 5.40. The Kier molecular flexibility index (Phi) is 4.07. The molecule has 1 aromatic heterocycles. The zero-order chi connectivity index (χ0) is 13.3. The number of likely N-dealkylation sites (N-methyl/N-ethyl adjacent to an activating group) is 1. The highest BCUT2D eigenvalue weighted by molar-refractivity contribution is 14.1. The van der Waals surface area contributed by atoms with Crippen LogP contribution in [0.1, 0.15) is 24.2 Å². The molecule has 0 saturated carbocycles. The minimum Gasteiger partial charge on any atom is -0.350 e. The van der Waals surface area contributed by atoms with Crippen molar-refractivity contribution in [2.45, 2.75) is 19.9 Å². The van der Waals surface area contributed by atoms with E-state index < -0.39 is 0 Å². The number of fused-ring (bicyclic) bond motifs is 1. The van der Waals surface area contributed by atoms with E-state index in [2.05, 4.69) is 34.0 Å². The molecule has 0 bridgehead atoms. The predicted molar refractivity (Wildman–Crippen MR) is 83.1 cm³/mol. The van der Waals surface area contributed by atoms with Gasteiger partial charge in [-0.3, -0.25) is 4.79 Å². The van der Waals surface area contributed by atoms with E-state index in [0.717, 1.165) is 23.0 Å². The average molecular weight is 356 g/mol. The highest BCUT2D eigenvalue weighted by atomic mass is 127. The first kappa shape index (κ1) is 13.5. The summed E-state index contributed by atoms with van der Waals surface area (Å²) in [5.41, 5.74) is 1.91. The van der Waals surface area contributed by atoms with Gasteiger partial charge in [0.05, 0.1) is 6.04 Å². The first-order valence-corrected chi connectivity index (χ1v) is 7.14. The van der Waals surface area contributed by atoms with Crippen LogP contribution in [-0.2, 0) is 7.05 Å². The number of rotatable bonds is 4. The Bertz CT molecular complexity index is 589. The van der Waals surface area contributed by atoms with Crippen LogP contribution in [0, 0.1) is 3.57 Å². The molecule has 2 aromatic rings. The number of nitrogens with zero attached hydrogens (tertiary/aromatic N) is 1. The van der Waals surface area contributed by atoms with Gasteiger partial charge in [0.25, 0.3) is 0 Å². The van der Waals surface area contributed by atoms with Gasteiger partial charge >= 0.3 is 0 Å². The van der Waals surface area contributed by atoms with Crippen molar-refractivity contribution in [1.82, 2.24) is 9.88 Å². The Labute approximate surface area is 121 Å². The number of hydrogen-bond acceptors (Lipinski definition) is 2. The van der Waals surface area contributed by atoms with Crippen LogP contribution in [0.25, 0.3) is 10.9 Å². The summed E-state index contributed by atoms with van der Waals surface area (Å²) >= 11 is 2.29. The Morgan fingerprint density at radius 3 is 2.89 bits per heavy atom. The molecule has 0 aliphatic heterocycles. The summed E-state index contributed by atoms with van der Waals surface area (Å²) < 4.78 is 3.20. The van der Waals surface area contributed by atoms with Gasteiger partial charge in [0.2, 0.25) is 0 Å². The van der Waals surface area contributed by atoms with Gasteiger partial charge in [-0.2, -0.15) is 0 Å². The number of Topliss-reactive ketones (excluding diaryl/α,β-unsaturated/α-hetero) is 1. The molecule has 18 heavy (non-hydrogen) atoms. The van der Waals surface area contributed by atoms with Crippen molar-refractivity contribution in [3.05, 3.63) is 33.5 Å². The summed E-state index contributed by atoms with van der Waals surface area (Å²) in [7, 11) is 1.98. The topological polar surface area (TPSA) is 34.0 Å². The van der Waals surface area contributed by atoms with E-state index in [-0.39, 0.29) is 11.8 Å². The molecule has 0 radical (unpaired) electrons. The molecule has 96 valence electrons. The van der Waals surface area contributed by atoms with E-state index in [0.29, 0.717) is 0 Å². The van der Waals surface area contributed by atoms with Crippen LogP contribution < -0.4 is 5.32 Å². The molecule has 1 atom stereocenters. The van der Waals surface area contributed by atoms with Crippen LogP contribution in [-0.4, -0.2) is 22.9 Å². The van der Waals surface area contributed by atoms with Crippen molar-refractivity contribution in [1.29, 1.82) is 0 Å². The van der Waals surface area contributed by atoms with Crippen molar-refractivity contribution >= 4 is 39.3 Å². The highest BCUT2D eigenvalue weighted by Gasteiger charge is 2.18. The summed E-state index contributed by atoms with van der Waals surface area (Å²) in [4.78, 5) is 12.4. The molecule has 4 heteroatoms. The zero-order valence-corrected chi connectivity index (χ0v) is 13.0. The van der Waals surface area contributed by atoms with Gasteiger partial charge in [-0.05, 0) is 48.2 Å². The maximum absolute atomic E-state index is 12.4. The molecular formula is C14H17IN2O. The van der Waals surface area contributed by atoms with E-state index in [9.17, 15) is 4.79 Å². The zero-order valence-electron chi connectivity index (χ0n) is 10.8. The maximum Gasteiger partial charge on any atom is 0.181 e. The fourth-order valence-corrected chi connectivity index (χ4v) is 2.66. The number of carbonyl (C=O) groups excluding carboxylic acids is 1. The van der Waals surface area contributed by atoms with Gasteiger partial charge in [-0.25, -0.2) is 0 Å². The molecule has 1 N–H and O–H groups in total. The average Bonchev–Trinajstić information content (AvgIpc) is 2.66. The normalized spacial score (nSPS) is 12.9. The fourth-order valence-electron chi connectivity index (χ4n) is 2.19. The van der Waals surface area contributed by atoms with Gasteiger partial charge in [0, 0.05) is 33.3 Å². The number of hydrogen-bond donors (Lipinski definition) is 1. The van der Waals surface area contributed by atoms with Crippen LogP contribution in [0.4, 0.5) is 0 Å². The number of nitrogens with one attached hydrogen (secondary N) is 1. The number of aromatic nitrogens is 1. The SMILES string of the molecule is CCNC(C)C(=O)c1cn(C)c2cc(I)ccc12. The van der Waals surface area contributed by atoms with Gasteiger partial charge in [0.15, 0.2) is 5.78 Å². The molecule has 3 nitrogen and oxygen atoms in total. The van der Waals surface area contributed by atoms with E-state index in [4.69, 9.17) is 0 Å². The Balaban J connectivity index is 2.49. The Morgan fingerprint density at radius 1 is 1.50 bits per heavy atom. The molecule has 1 aromatic carbocycles. The predicted octanol–water partition coefficient (Wildman–Crippen LogP) is 2.96. The van der Waals surface area contributed by atoms with E-state index in [1.165, 1.54) is 3.57 Å². The van der Waals surface area contributed by atoms with Crippen LogP contribution >= 0.6 is 22.6 Å². The first-order valence-electron chi connectivity index (χ1n) is 6.06. The monoisotopic (exact) mass is 356 g/mol. The highest BCUT2D eigenvalue weighted by Crippen LogP contribution is 2.23. The molecule has 1 unspecified atom stereocenters. The molecule has 0 saturated heterocycles. The van der Waals surface area contributed by atoms with Crippen LogP contribution in [0.15, 0.2) is 24.4 Å². The third-order valence-electron chi connectivity index (χ3n) is 3.12. The molecule has 1 heterocycles. The van der Waals surface area contributed by atoms with Gasteiger partial charge in [-0.1, -0.05) is 13.0 Å². The lowest BCUT2D eigenvalue weighted by atomic mass is 10.0. The van der Waals surface area contributed by atoms with Crippen molar-refractivity contribution < 1.29 is 4.79 Å². The van der Waals surface area contributed by atoms with E-state index in [1.54, 1.807) is 0 Å². The van der Waals surface area contributed by atoms with Crippen LogP contribution in [0.5, 0.6) is 0 Å². The number of aryl methyl sites for hydroxylation is 1. The standard InChI is InChI=1S/C14H17IN2O/c1-4-16-9(2)14(18)12-8-17(3)13-7-10(15)5-6-11(12)13/h5-9,16H,4H2,1-3H3. The third-order valence-corrected chi connectivity index (χ3v) is 3.79. The van der Waals surface area contributed by atoms with Crippen LogP contribution in [0.3, 0.4) is 0 Å². The quantitative estimate of drug-likeness (QED) is 0.675. The largest absolute Gasteiger partial charge is 0.350 e. The lowest BCUT2D eigenvalue weighted by Crippen LogP contribution is -2.33. The van der Waals surface area contributed by atoms with Gasteiger partial charge in [-0.15, -0.1) is 0 Å². The van der Waals surface area contributed by atoms with Crippen molar-refractivity contribution in [3.8, 4) is 0 Å². The van der Waals surface area contributed by atoms with Gasteiger partial charge < -0.3 is 9.88 Å². The van der Waals surface area contributed by atoms with Crippen molar-refractivity contribution in [2.75, 3.05) is 6.54 Å². The molecule has 0 fully saturated rings. The lowest BCUT2D eigenvalue weighted by Gasteiger charge is -2.09. The number of carbonyl (C=O) groups is 1. The number of benzene rings is 1. The first-order chi connectivity index (χ1) is 8.54. The summed E-state index contributed by atoms with van der Waals surface area (Å²) in [6.45, 7) is 4.72. The summed E-state index contributed by atoms with van der Waals surface area (Å²) in [5, 5.41) is 4.20. The van der Waals surface area contributed by atoms with Crippen molar-refractivity contribution in [2.24, 2.45) is 7.05 Å². The molecule has 0 aliphatic rings. The molecular weight excluding hydrogens is 339 g/mol. The van der Waals surface area contributed by atoms with Gasteiger partial charge in [0.1, 0.15) is 0 Å².